The smallest absolute Gasteiger partial charge is 0.231 e. The second-order valence-corrected chi connectivity index (χ2v) is 7.08. The number of rotatable bonds is 4. The van der Waals surface area contributed by atoms with Gasteiger partial charge >= 0.3 is 0 Å². The van der Waals surface area contributed by atoms with Crippen LogP contribution in [0.2, 0.25) is 5.28 Å². The van der Waals surface area contributed by atoms with Gasteiger partial charge in [0, 0.05) is 13.2 Å². The summed E-state index contributed by atoms with van der Waals surface area (Å²) in [6, 6.07) is 0. The van der Waals surface area contributed by atoms with Crippen LogP contribution in [0.15, 0.2) is 17.6 Å². The Morgan fingerprint density at radius 3 is 2.65 bits per heavy atom. The molecule has 0 radical (unpaired) electrons. The summed E-state index contributed by atoms with van der Waals surface area (Å²) in [5, 5.41) is 6.15. The van der Waals surface area contributed by atoms with Crippen molar-refractivity contribution >= 4 is 33.1 Å². The highest BCUT2D eigenvalue weighted by Crippen LogP contribution is 2.25. The topological polar surface area (TPSA) is 103 Å². The van der Waals surface area contributed by atoms with Crippen molar-refractivity contribution < 1.29 is 8.42 Å². The van der Waals surface area contributed by atoms with Crippen molar-refractivity contribution in [3.63, 3.8) is 0 Å². The lowest BCUT2D eigenvalue weighted by Gasteiger charge is -2.07. The molecule has 2 rings (SSSR count). The van der Waals surface area contributed by atoms with Gasteiger partial charge in [-0.1, -0.05) is 0 Å². The summed E-state index contributed by atoms with van der Waals surface area (Å²) in [7, 11) is -1.89. The van der Waals surface area contributed by atoms with Gasteiger partial charge in [0.15, 0.2) is 0 Å². The van der Waals surface area contributed by atoms with Gasteiger partial charge in [-0.3, -0.25) is 4.68 Å². The highest BCUT2D eigenvalue weighted by Gasteiger charge is 2.26. The molecule has 2 aromatic heterocycles. The first-order valence-corrected chi connectivity index (χ1v) is 7.62. The van der Waals surface area contributed by atoms with E-state index < -0.39 is 15.1 Å². The third-order valence-electron chi connectivity index (χ3n) is 2.47. The number of sulfone groups is 1. The first-order chi connectivity index (χ1) is 9.30. The van der Waals surface area contributed by atoms with E-state index in [1.165, 1.54) is 17.2 Å². The zero-order valence-electron chi connectivity index (χ0n) is 11.1. The van der Waals surface area contributed by atoms with Gasteiger partial charge in [0.2, 0.25) is 26.1 Å². The van der Waals surface area contributed by atoms with Gasteiger partial charge in [0.05, 0.1) is 10.9 Å². The molecule has 20 heavy (non-hydrogen) atoms. The zero-order chi connectivity index (χ0) is 14.9. The molecular formula is C10H13ClN6O2S. The Hall–Kier alpha value is -1.74. The van der Waals surface area contributed by atoms with Gasteiger partial charge < -0.3 is 5.32 Å². The number of halogens is 1. The van der Waals surface area contributed by atoms with Crippen LogP contribution in [0.3, 0.4) is 0 Å². The summed E-state index contributed by atoms with van der Waals surface area (Å²) in [4.78, 5) is 11.4. The van der Waals surface area contributed by atoms with Crippen molar-refractivity contribution in [1.82, 2.24) is 24.7 Å². The maximum Gasteiger partial charge on any atom is 0.231 e. The molecule has 1 N–H and O–H groups in total. The fourth-order valence-electron chi connectivity index (χ4n) is 1.44. The second-order valence-electron chi connectivity index (χ2n) is 4.32. The van der Waals surface area contributed by atoms with E-state index in [-0.39, 0.29) is 16.3 Å². The Labute approximate surface area is 121 Å². The number of hydrogen-bond acceptors (Lipinski definition) is 7. The Kier molecular flexibility index (Phi) is 3.91. The third kappa shape index (κ3) is 2.88. The zero-order valence-corrected chi connectivity index (χ0v) is 12.6. The minimum atomic E-state index is -3.52. The van der Waals surface area contributed by atoms with E-state index in [1.54, 1.807) is 20.9 Å². The molecule has 2 heterocycles. The third-order valence-corrected chi connectivity index (χ3v) is 4.74. The summed E-state index contributed by atoms with van der Waals surface area (Å²) in [5.74, 6) is 0.151. The molecule has 10 heteroatoms. The molecule has 0 saturated carbocycles. The Balaban J connectivity index is 2.44. The van der Waals surface area contributed by atoms with Gasteiger partial charge in [-0.15, -0.1) is 0 Å². The molecule has 0 amide bonds. The maximum absolute atomic E-state index is 12.2. The van der Waals surface area contributed by atoms with Gasteiger partial charge in [0.1, 0.15) is 6.33 Å². The van der Waals surface area contributed by atoms with Crippen molar-refractivity contribution in [1.29, 1.82) is 0 Å². The maximum atomic E-state index is 12.2. The largest absolute Gasteiger partial charge is 0.320 e. The van der Waals surface area contributed by atoms with E-state index in [9.17, 15) is 8.42 Å². The molecule has 0 aliphatic carbocycles. The van der Waals surface area contributed by atoms with E-state index in [0.717, 1.165) is 0 Å². The van der Waals surface area contributed by atoms with Crippen LogP contribution in [0.5, 0.6) is 0 Å². The van der Waals surface area contributed by atoms with Crippen molar-refractivity contribution in [3.05, 3.63) is 17.8 Å². The standard InChI is InChI=1S/C10H13ClN6O2S/c1-6(2)20(18,19)8-7(4-17(3)16-8)14-10-13-5-12-9(11)15-10/h4-6H,1-3H3,(H,12,13,14,15). The monoisotopic (exact) mass is 316 g/mol. The predicted octanol–water partition coefficient (Wildman–Crippen LogP) is 1.18. The number of anilines is 2. The number of aromatic nitrogens is 5. The lowest BCUT2D eigenvalue weighted by Crippen LogP contribution is -2.16. The highest BCUT2D eigenvalue weighted by atomic mass is 35.5. The molecule has 0 atom stereocenters. The number of hydrogen-bond donors (Lipinski definition) is 1. The molecule has 0 aliphatic rings. The van der Waals surface area contributed by atoms with Crippen LogP contribution in [-0.2, 0) is 16.9 Å². The van der Waals surface area contributed by atoms with E-state index in [4.69, 9.17) is 11.6 Å². The Bertz CT molecular complexity index is 727. The van der Waals surface area contributed by atoms with Crippen LogP contribution >= 0.6 is 11.6 Å². The summed E-state index contributed by atoms with van der Waals surface area (Å²) >= 11 is 5.66. The molecule has 0 saturated heterocycles. The van der Waals surface area contributed by atoms with Gasteiger partial charge in [-0.25, -0.2) is 18.4 Å². The summed E-state index contributed by atoms with van der Waals surface area (Å²) < 4.78 is 25.9. The quantitative estimate of drug-likeness (QED) is 0.903. The predicted molar refractivity (Wildman–Crippen MR) is 73.6 cm³/mol. The van der Waals surface area contributed by atoms with E-state index in [0.29, 0.717) is 5.69 Å². The van der Waals surface area contributed by atoms with Crippen molar-refractivity contribution in [2.45, 2.75) is 24.1 Å². The van der Waals surface area contributed by atoms with Crippen molar-refractivity contribution in [2.75, 3.05) is 5.32 Å². The molecule has 8 nitrogen and oxygen atoms in total. The number of nitrogens with one attached hydrogen (secondary N) is 1. The van der Waals surface area contributed by atoms with E-state index in [1.807, 2.05) is 0 Å². The van der Waals surface area contributed by atoms with Crippen LogP contribution in [0.1, 0.15) is 13.8 Å². The van der Waals surface area contributed by atoms with Crippen LogP contribution in [0.25, 0.3) is 0 Å². The fourth-order valence-corrected chi connectivity index (χ4v) is 2.67. The Morgan fingerprint density at radius 1 is 1.35 bits per heavy atom. The van der Waals surface area contributed by atoms with Crippen molar-refractivity contribution in [3.8, 4) is 0 Å². The average Bonchev–Trinajstić information content (AvgIpc) is 2.70. The molecule has 0 aromatic carbocycles. The Morgan fingerprint density at radius 2 is 2.05 bits per heavy atom. The van der Waals surface area contributed by atoms with Crippen LogP contribution in [-0.4, -0.2) is 38.4 Å². The minimum absolute atomic E-state index is 0.0136. The molecule has 0 fully saturated rings. The van der Waals surface area contributed by atoms with Gasteiger partial charge in [0.25, 0.3) is 0 Å². The van der Waals surface area contributed by atoms with E-state index >= 15 is 0 Å². The van der Waals surface area contributed by atoms with Gasteiger partial charge in [-0.2, -0.15) is 10.1 Å². The van der Waals surface area contributed by atoms with Crippen LogP contribution in [0.4, 0.5) is 11.6 Å². The van der Waals surface area contributed by atoms with Crippen molar-refractivity contribution in [2.24, 2.45) is 7.05 Å². The van der Waals surface area contributed by atoms with Crippen LogP contribution < -0.4 is 5.32 Å². The summed E-state index contributed by atoms with van der Waals surface area (Å²) in [5.41, 5.74) is 0.295. The first kappa shape index (κ1) is 14.7. The molecular weight excluding hydrogens is 304 g/mol. The second kappa shape index (κ2) is 5.33. The van der Waals surface area contributed by atoms with E-state index in [2.05, 4.69) is 25.4 Å². The lowest BCUT2D eigenvalue weighted by molar-refractivity contribution is 0.579. The lowest BCUT2D eigenvalue weighted by atomic mass is 10.5. The fraction of sp³-hybridized carbons (Fsp3) is 0.400. The van der Waals surface area contributed by atoms with Crippen LogP contribution in [0, 0.1) is 0 Å². The molecule has 108 valence electrons. The normalized spacial score (nSPS) is 11.8. The minimum Gasteiger partial charge on any atom is -0.320 e. The molecule has 0 unspecified atom stereocenters. The molecule has 0 bridgehead atoms. The average molecular weight is 317 g/mol. The molecule has 0 spiro atoms. The molecule has 0 aliphatic heterocycles. The van der Waals surface area contributed by atoms with Gasteiger partial charge in [-0.05, 0) is 25.4 Å². The first-order valence-electron chi connectivity index (χ1n) is 5.70. The number of aryl methyl sites for hydroxylation is 1. The summed E-state index contributed by atoms with van der Waals surface area (Å²) in [6.45, 7) is 3.18. The molecule has 2 aromatic rings. The highest BCUT2D eigenvalue weighted by molar-refractivity contribution is 7.92. The SMILES string of the molecule is CC(C)S(=O)(=O)c1nn(C)cc1Nc1ncnc(Cl)n1. The number of nitrogens with zero attached hydrogens (tertiary/aromatic N) is 5. The summed E-state index contributed by atoms with van der Waals surface area (Å²) in [6.07, 6.45) is 2.76.